The first-order valence-corrected chi connectivity index (χ1v) is 8.51. The molecule has 2 aliphatic heterocycles. The molecule has 0 bridgehead atoms. The summed E-state index contributed by atoms with van der Waals surface area (Å²) in [5.41, 5.74) is 0. The van der Waals surface area contributed by atoms with Crippen molar-refractivity contribution in [2.45, 2.75) is 76.5 Å². The zero-order valence-electron chi connectivity index (χ0n) is 12.8. The highest BCUT2D eigenvalue weighted by atomic mass is 15.3. The topological polar surface area (TPSA) is 18.5 Å². The van der Waals surface area contributed by atoms with Crippen molar-refractivity contribution in [2.24, 2.45) is 0 Å². The van der Waals surface area contributed by atoms with E-state index in [2.05, 4.69) is 29.0 Å². The van der Waals surface area contributed by atoms with Gasteiger partial charge in [0, 0.05) is 37.3 Å². The minimum absolute atomic E-state index is 0.761. The van der Waals surface area contributed by atoms with Gasteiger partial charge in [-0.05, 0) is 58.5 Å². The van der Waals surface area contributed by atoms with E-state index in [0.29, 0.717) is 0 Å². The van der Waals surface area contributed by atoms with Gasteiger partial charge in [-0.15, -0.1) is 0 Å². The van der Waals surface area contributed by atoms with Crippen molar-refractivity contribution in [1.29, 1.82) is 0 Å². The Morgan fingerprint density at radius 3 is 2.74 bits per heavy atom. The molecule has 0 spiro atoms. The van der Waals surface area contributed by atoms with Crippen LogP contribution in [0, 0.1) is 0 Å². The smallest absolute Gasteiger partial charge is 0.0238 e. The van der Waals surface area contributed by atoms with Crippen molar-refractivity contribution >= 4 is 0 Å². The van der Waals surface area contributed by atoms with Gasteiger partial charge in [0.1, 0.15) is 0 Å². The molecule has 3 unspecified atom stereocenters. The van der Waals surface area contributed by atoms with E-state index in [1.54, 1.807) is 0 Å². The number of hydrogen-bond donors (Lipinski definition) is 1. The van der Waals surface area contributed by atoms with Crippen LogP contribution >= 0.6 is 0 Å². The molecule has 1 N–H and O–H groups in total. The van der Waals surface area contributed by atoms with Crippen LogP contribution in [0.1, 0.15) is 52.4 Å². The SMILES string of the molecule is CCCN(CC1CCCN1)C1CC(C)N(C2CC2)C1. The Morgan fingerprint density at radius 2 is 2.11 bits per heavy atom. The summed E-state index contributed by atoms with van der Waals surface area (Å²) in [4.78, 5) is 5.58. The highest BCUT2D eigenvalue weighted by Gasteiger charge is 2.40. The maximum absolute atomic E-state index is 3.67. The Bertz CT molecular complexity index is 284. The quantitative estimate of drug-likeness (QED) is 0.793. The van der Waals surface area contributed by atoms with Gasteiger partial charge < -0.3 is 5.32 Å². The van der Waals surface area contributed by atoms with Crippen LogP contribution in [0.4, 0.5) is 0 Å². The van der Waals surface area contributed by atoms with Crippen LogP contribution in [0.5, 0.6) is 0 Å². The van der Waals surface area contributed by atoms with Gasteiger partial charge in [-0.25, -0.2) is 0 Å². The Labute approximate surface area is 118 Å². The van der Waals surface area contributed by atoms with Gasteiger partial charge in [0.15, 0.2) is 0 Å². The highest BCUT2D eigenvalue weighted by Crippen LogP contribution is 2.34. The van der Waals surface area contributed by atoms with Crippen LogP contribution in [0.3, 0.4) is 0 Å². The maximum Gasteiger partial charge on any atom is 0.0238 e. The normalized spacial score (nSPS) is 36.5. The number of hydrogen-bond acceptors (Lipinski definition) is 3. The largest absolute Gasteiger partial charge is 0.313 e. The van der Waals surface area contributed by atoms with Crippen LogP contribution in [0.2, 0.25) is 0 Å². The van der Waals surface area contributed by atoms with Crippen LogP contribution < -0.4 is 5.32 Å². The van der Waals surface area contributed by atoms with Crippen LogP contribution in [-0.4, -0.2) is 60.1 Å². The van der Waals surface area contributed by atoms with Crippen molar-refractivity contribution in [2.75, 3.05) is 26.2 Å². The average molecular weight is 265 g/mol. The first-order valence-electron chi connectivity index (χ1n) is 8.51. The molecule has 1 saturated carbocycles. The second-order valence-corrected chi connectivity index (χ2v) is 6.95. The third-order valence-corrected chi connectivity index (χ3v) is 5.26. The van der Waals surface area contributed by atoms with Crippen LogP contribution in [-0.2, 0) is 0 Å². The van der Waals surface area contributed by atoms with Gasteiger partial charge in [0.25, 0.3) is 0 Å². The van der Waals surface area contributed by atoms with Crippen LogP contribution in [0.15, 0.2) is 0 Å². The van der Waals surface area contributed by atoms with Gasteiger partial charge in [0.05, 0.1) is 0 Å². The lowest BCUT2D eigenvalue weighted by Gasteiger charge is -2.31. The standard InChI is InChI=1S/C16H31N3/c1-3-9-18(11-14-5-4-8-17-14)16-10-13(2)19(12-16)15-6-7-15/h13-17H,3-12H2,1-2H3. The fourth-order valence-electron chi connectivity index (χ4n) is 4.11. The van der Waals surface area contributed by atoms with Crippen molar-refractivity contribution in [3.8, 4) is 0 Å². The molecule has 3 aliphatic rings. The lowest BCUT2D eigenvalue weighted by molar-refractivity contribution is 0.175. The summed E-state index contributed by atoms with van der Waals surface area (Å²) >= 11 is 0. The molecule has 3 atom stereocenters. The van der Waals surface area contributed by atoms with Crippen molar-refractivity contribution < 1.29 is 0 Å². The number of nitrogens with zero attached hydrogens (tertiary/aromatic N) is 2. The first kappa shape index (κ1) is 13.8. The fraction of sp³-hybridized carbons (Fsp3) is 1.00. The second-order valence-electron chi connectivity index (χ2n) is 6.95. The van der Waals surface area contributed by atoms with E-state index < -0.39 is 0 Å². The van der Waals surface area contributed by atoms with Gasteiger partial charge >= 0.3 is 0 Å². The molecule has 0 aromatic heterocycles. The third kappa shape index (κ3) is 3.32. The third-order valence-electron chi connectivity index (χ3n) is 5.26. The van der Waals surface area contributed by atoms with E-state index in [-0.39, 0.29) is 0 Å². The Hall–Kier alpha value is -0.120. The minimum Gasteiger partial charge on any atom is -0.313 e. The summed E-state index contributed by atoms with van der Waals surface area (Å²) in [7, 11) is 0. The van der Waals surface area contributed by atoms with Gasteiger partial charge in [-0.2, -0.15) is 0 Å². The molecule has 19 heavy (non-hydrogen) atoms. The summed E-state index contributed by atoms with van der Waals surface area (Å²) < 4.78 is 0. The van der Waals surface area contributed by atoms with Gasteiger partial charge in [-0.1, -0.05) is 6.92 Å². The molecule has 110 valence electrons. The summed E-state index contributed by atoms with van der Waals surface area (Å²) in [6.45, 7) is 9.90. The molecule has 2 saturated heterocycles. The summed E-state index contributed by atoms with van der Waals surface area (Å²) in [5, 5.41) is 3.67. The van der Waals surface area contributed by atoms with E-state index in [1.165, 1.54) is 64.7 Å². The zero-order chi connectivity index (χ0) is 13.2. The molecule has 0 radical (unpaired) electrons. The molecule has 1 aliphatic carbocycles. The van der Waals surface area contributed by atoms with Gasteiger partial charge in [-0.3, -0.25) is 9.80 Å². The molecule has 3 fully saturated rings. The number of likely N-dealkylation sites (tertiary alicyclic amines) is 1. The first-order chi connectivity index (χ1) is 9.28. The second kappa shape index (κ2) is 6.11. The molecule has 3 heteroatoms. The molecule has 3 nitrogen and oxygen atoms in total. The Kier molecular flexibility index (Phi) is 4.45. The Morgan fingerprint density at radius 1 is 1.26 bits per heavy atom. The predicted molar refractivity (Wildman–Crippen MR) is 80.5 cm³/mol. The highest BCUT2D eigenvalue weighted by molar-refractivity contribution is 4.97. The molecule has 0 amide bonds. The van der Waals surface area contributed by atoms with Crippen LogP contribution in [0.25, 0.3) is 0 Å². The van der Waals surface area contributed by atoms with E-state index in [9.17, 15) is 0 Å². The molecule has 0 aromatic carbocycles. The lowest BCUT2D eigenvalue weighted by atomic mass is 10.1. The predicted octanol–water partition coefficient (Wildman–Crippen LogP) is 2.08. The minimum atomic E-state index is 0.761. The maximum atomic E-state index is 3.67. The summed E-state index contributed by atoms with van der Waals surface area (Å²) in [5.74, 6) is 0. The van der Waals surface area contributed by atoms with E-state index in [0.717, 1.165) is 24.2 Å². The summed E-state index contributed by atoms with van der Waals surface area (Å²) in [6.07, 6.45) is 8.35. The van der Waals surface area contributed by atoms with Crippen molar-refractivity contribution in [3.63, 3.8) is 0 Å². The number of rotatable bonds is 6. The summed E-state index contributed by atoms with van der Waals surface area (Å²) in [6, 6.07) is 3.33. The lowest BCUT2D eigenvalue weighted by Crippen LogP contribution is -2.45. The molecule has 3 rings (SSSR count). The molecule has 0 aromatic rings. The molecule has 2 heterocycles. The zero-order valence-corrected chi connectivity index (χ0v) is 12.8. The van der Waals surface area contributed by atoms with E-state index in [4.69, 9.17) is 0 Å². The molecular weight excluding hydrogens is 234 g/mol. The monoisotopic (exact) mass is 265 g/mol. The average Bonchev–Trinajstić information content (AvgIpc) is 2.96. The van der Waals surface area contributed by atoms with Crippen molar-refractivity contribution in [1.82, 2.24) is 15.1 Å². The van der Waals surface area contributed by atoms with E-state index >= 15 is 0 Å². The Balaban J connectivity index is 1.56. The number of nitrogens with one attached hydrogen (secondary N) is 1. The van der Waals surface area contributed by atoms with Crippen molar-refractivity contribution in [3.05, 3.63) is 0 Å². The van der Waals surface area contributed by atoms with E-state index in [1.807, 2.05) is 0 Å². The fourth-order valence-corrected chi connectivity index (χ4v) is 4.11. The van der Waals surface area contributed by atoms with Gasteiger partial charge in [0.2, 0.25) is 0 Å². The molecular formula is C16H31N3.